The normalized spacial score (nSPS) is 45.4. The molecule has 1 aliphatic carbocycles. The molecule has 0 bridgehead atoms. The lowest BCUT2D eigenvalue weighted by molar-refractivity contribution is -0.0924. The number of rotatable bonds is 2. The van der Waals surface area contributed by atoms with Gasteiger partial charge in [-0.3, -0.25) is 4.90 Å². The third kappa shape index (κ3) is 2.38. The molecule has 0 radical (unpaired) electrons. The largest absolute Gasteiger partial charge is 0.390 e. The Hall–Kier alpha value is -0.120. The summed E-state index contributed by atoms with van der Waals surface area (Å²) in [5, 5.41) is 9.85. The van der Waals surface area contributed by atoms with Gasteiger partial charge in [-0.15, -0.1) is 0 Å². The topological polar surface area (TPSA) is 26.7 Å². The van der Waals surface area contributed by atoms with Crippen molar-refractivity contribution in [3.05, 3.63) is 0 Å². The molecule has 0 aromatic heterocycles. The summed E-state index contributed by atoms with van der Waals surface area (Å²) in [5.41, 5.74) is -0.367. The Labute approximate surface area is 105 Å². The summed E-state index contributed by atoms with van der Waals surface area (Å²) in [5.74, 6) is 1.87. The van der Waals surface area contributed by atoms with Gasteiger partial charge in [0.15, 0.2) is 0 Å². The Morgan fingerprint density at radius 2 is 1.82 bits per heavy atom. The molecular formula is C14H26N2O. The van der Waals surface area contributed by atoms with Crippen LogP contribution >= 0.6 is 0 Å². The lowest BCUT2D eigenvalue weighted by Crippen LogP contribution is -2.58. The average molecular weight is 238 g/mol. The van der Waals surface area contributed by atoms with Crippen molar-refractivity contribution in [2.45, 2.75) is 44.2 Å². The van der Waals surface area contributed by atoms with Crippen molar-refractivity contribution >= 4 is 0 Å². The fourth-order valence-electron chi connectivity index (χ4n) is 4.02. The zero-order valence-electron chi connectivity index (χ0n) is 11.2. The molecule has 0 amide bonds. The summed E-state index contributed by atoms with van der Waals surface area (Å²) >= 11 is 0. The van der Waals surface area contributed by atoms with Gasteiger partial charge in [-0.05, 0) is 58.0 Å². The highest BCUT2D eigenvalue weighted by molar-refractivity contribution is 4.98. The van der Waals surface area contributed by atoms with E-state index >= 15 is 0 Å². The Kier molecular flexibility index (Phi) is 2.96. The van der Waals surface area contributed by atoms with Gasteiger partial charge in [0.25, 0.3) is 0 Å². The molecule has 2 heterocycles. The quantitative estimate of drug-likeness (QED) is 0.782. The molecular weight excluding hydrogens is 212 g/mol. The zero-order chi connectivity index (χ0) is 12.0. The number of hydrogen-bond donors (Lipinski definition) is 1. The van der Waals surface area contributed by atoms with Crippen LogP contribution in [0.2, 0.25) is 0 Å². The van der Waals surface area contributed by atoms with E-state index in [-0.39, 0.29) is 5.60 Å². The second-order valence-electron chi connectivity index (χ2n) is 6.94. The van der Waals surface area contributed by atoms with Gasteiger partial charge in [0, 0.05) is 25.7 Å². The molecule has 2 aliphatic heterocycles. The van der Waals surface area contributed by atoms with Gasteiger partial charge in [0.05, 0.1) is 5.60 Å². The van der Waals surface area contributed by atoms with Crippen molar-refractivity contribution in [3.63, 3.8) is 0 Å². The second kappa shape index (κ2) is 4.22. The first-order chi connectivity index (χ1) is 8.03. The first-order valence-electron chi connectivity index (χ1n) is 7.18. The standard InChI is InChI=1S/C14H26N2O/c1-14(17)6-13(7-14)16-5-3-4-11(10-16)12-8-15(2)9-12/h11-13,17H,3-10H2,1-2H3. The van der Waals surface area contributed by atoms with E-state index in [9.17, 15) is 5.11 Å². The van der Waals surface area contributed by atoms with Crippen LogP contribution in [0.1, 0.15) is 32.6 Å². The molecule has 3 heteroatoms. The molecule has 1 saturated carbocycles. The summed E-state index contributed by atoms with van der Waals surface area (Å²) < 4.78 is 0. The van der Waals surface area contributed by atoms with E-state index in [2.05, 4.69) is 16.8 Å². The molecule has 1 N–H and O–H groups in total. The fourth-order valence-corrected chi connectivity index (χ4v) is 4.02. The summed E-state index contributed by atoms with van der Waals surface area (Å²) in [7, 11) is 2.22. The molecule has 3 nitrogen and oxygen atoms in total. The van der Waals surface area contributed by atoms with Crippen LogP contribution in [0.3, 0.4) is 0 Å². The van der Waals surface area contributed by atoms with Crippen LogP contribution in [0, 0.1) is 11.8 Å². The Morgan fingerprint density at radius 3 is 2.41 bits per heavy atom. The van der Waals surface area contributed by atoms with Crippen molar-refractivity contribution < 1.29 is 5.11 Å². The summed E-state index contributed by atoms with van der Waals surface area (Å²) in [4.78, 5) is 5.09. The predicted molar refractivity (Wildman–Crippen MR) is 68.9 cm³/mol. The van der Waals surface area contributed by atoms with E-state index in [1.807, 2.05) is 6.92 Å². The van der Waals surface area contributed by atoms with Crippen LogP contribution in [-0.4, -0.2) is 59.8 Å². The van der Waals surface area contributed by atoms with E-state index in [0.717, 1.165) is 24.7 Å². The smallest absolute Gasteiger partial charge is 0.0649 e. The van der Waals surface area contributed by atoms with Crippen LogP contribution in [0.4, 0.5) is 0 Å². The molecule has 0 aromatic rings. The van der Waals surface area contributed by atoms with Crippen LogP contribution in [0.25, 0.3) is 0 Å². The minimum Gasteiger partial charge on any atom is -0.390 e. The van der Waals surface area contributed by atoms with Crippen LogP contribution in [0.15, 0.2) is 0 Å². The number of aliphatic hydroxyl groups is 1. The maximum absolute atomic E-state index is 9.85. The van der Waals surface area contributed by atoms with Gasteiger partial charge in [-0.1, -0.05) is 0 Å². The average Bonchev–Trinajstić information content (AvgIpc) is 2.21. The molecule has 3 fully saturated rings. The highest BCUT2D eigenvalue weighted by Crippen LogP contribution is 2.38. The third-order valence-corrected chi connectivity index (χ3v) is 5.12. The monoisotopic (exact) mass is 238 g/mol. The van der Waals surface area contributed by atoms with Crippen LogP contribution in [-0.2, 0) is 0 Å². The molecule has 3 rings (SSSR count). The van der Waals surface area contributed by atoms with E-state index in [4.69, 9.17) is 0 Å². The van der Waals surface area contributed by atoms with Crippen molar-refractivity contribution in [3.8, 4) is 0 Å². The Morgan fingerprint density at radius 1 is 1.12 bits per heavy atom. The molecule has 17 heavy (non-hydrogen) atoms. The minimum absolute atomic E-state index is 0.367. The minimum atomic E-state index is -0.367. The fraction of sp³-hybridized carbons (Fsp3) is 1.00. The van der Waals surface area contributed by atoms with Crippen molar-refractivity contribution in [1.29, 1.82) is 0 Å². The summed E-state index contributed by atoms with van der Waals surface area (Å²) in [6.07, 6.45) is 4.77. The van der Waals surface area contributed by atoms with Gasteiger partial charge in [-0.2, -0.15) is 0 Å². The third-order valence-electron chi connectivity index (χ3n) is 5.12. The maximum atomic E-state index is 9.85. The van der Waals surface area contributed by atoms with Gasteiger partial charge in [0.1, 0.15) is 0 Å². The second-order valence-corrected chi connectivity index (χ2v) is 6.94. The van der Waals surface area contributed by atoms with E-state index in [0.29, 0.717) is 6.04 Å². The molecule has 3 aliphatic rings. The Bertz CT molecular complexity index is 278. The van der Waals surface area contributed by atoms with E-state index in [1.165, 1.54) is 39.0 Å². The van der Waals surface area contributed by atoms with Gasteiger partial charge < -0.3 is 10.0 Å². The molecule has 98 valence electrons. The highest BCUT2D eigenvalue weighted by atomic mass is 16.3. The molecule has 1 atom stereocenters. The number of likely N-dealkylation sites (tertiary alicyclic amines) is 2. The molecule has 0 aromatic carbocycles. The molecule has 1 unspecified atom stereocenters. The molecule has 0 spiro atoms. The predicted octanol–water partition coefficient (Wildman–Crippen LogP) is 1.17. The first-order valence-corrected chi connectivity index (χ1v) is 7.18. The zero-order valence-corrected chi connectivity index (χ0v) is 11.2. The van der Waals surface area contributed by atoms with Crippen molar-refractivity contribution in [2.24, 2.45) is 11.8 Å². The highest BCUT2D eigenvalue weighted by Gasteiger charge is 2.43. The summed E-state index contributed by atoms with van der Waals surface area (Å²) in [6, 6.07) is 0.672. The van der Waals surface area contributed by atoms with Gasteiger partial charge >= 0.3 is 0 Å². The number of piperidine rings is 1. The lowest BCUT2D eigenvalue weighted by Gasteiger charge is -2.51. The lowest BCUT2D eigenvalue weighted by atomic mass is 9.74. The van der Waals surface area contributed by atoms with Crippen molar-refractivity contribution in [1.82, 2.24) is 9.80 Å². The van der Waals surface area contributed by atoms with Crippen molar-refractivity contribution in [2.75, 3.05) is 33.2 Å². The Balaban J connectivity index is 1.50. The summed E-state index contributed by atoms with van der Waals surface area (Å²) in [6.45, 7) is 7.15. The number of hydrogen-bond acceptors (Lipinski definition) is 3. The SMILES string of the molecule is CN1CC(C2CCCN(C3CC(C)(O)C3)C2)C1. The van der Waals surface area contributed by atoms with Crippen LogP contribution in [0.5, 0.6) is 0 Å². The molecule has 2 saturated heterocycles. The van der Waals surface area contributed by atoms with E-state index < -0.39 is 0 Å². The van der Waals surface area contributed by atoms with Crippen LogP contribution < -0.4 is 0 Å². The van der Waals surface area contributed by atoms with Gasteiger partial charge in [-0.25, -0.2) is 0 Å². The first kappa shape index (κ1) is 11.9. The maximum Gasteiger partial charge on any atom is 0.0649 e. The van der Waals surface area contributed by atoms with E-state index in [1.54, 1.807) is 0 Å². The number of nitrogens with zero attached hydrogens (tertiary/aromatic N) is 2. The van der Waals surface area contributed by atoms with Gasteiger partial charge in [0.2, 0.25) is 0 Å².